The predicted octanol–water partition coefficient (Wildman–Crippen LogP) is 11.8. The number of hydrogen-bond donors (Lipinski definition) is 1. The summed E-state index contributed by atoms with van der Waals surface area (Å²) in [6.07, 6.45) is 13.6. The summed E-state index contributed by atoms with van der Waals surface area (Å²) in [6, 6.07) is 20.0. The summed E-state index contributed by atoms with van der Waals surface area (Å²) in [6.45, 7) is 8.14. The number of ketones is 1. The Kier molecular flexibility index (Phi) is 13.5. The third kappa shape index (κ3) is 10.5. The third-order valence-corrected chi connectivity index (χ3v) is 12.6. The number of halogens is 1. The van der Waals surface area contributed by atoms with E-state index in [9.17, 15) is 4.79 Å². The molecule has 7 nitrogen and oxygen atoms in total. The Morgan fingerprint density at radius 2 is 1.65 bits per heavy atom. The van der Waals surface area contributed by atoms with Crippen molar-refractivity contribution in [3.8, 4) is 22.8 Å². The van der Waals surface area contributed by atoms with E-state index in [-0.39, 0.29) is 12.0 Å². The summed E-state index contributed by atoms with van der Waals surface area (Å²) < 4.78 is 28.4. The lowest BCUT2D eigenvalue weighted by Gasteiger charge is -2.26. The number of pyridine rings is 1. The first-order valence-corrected chi connectivity index (χ1v) is 21.4. The predicted molar refractivity (Wildman–Crippen MR) is 219 cm³/mol. The molecule has 6 unspecified atom stereocenters. The van der Waals surface area contributed by atoms with Gasteiger partial charge < -0.3 is 14.8 Å². The van der Waals surface area contributed by atoms with Crippen LogP contribution in [0.1, 0.15) is 128 Å². The number of benzene rings is 2. The van der Waals surface area contributed by atoms with Crippen molar-refractivity contribution in [1.29, 1.82) is 0 Å². The molecule has 7 rings (SSSR count). The number of nitrogens with one attached hydrogen (secondary N) is 1. The maximum absolute atomic E-state index is 16.0. The number of nitrogens with zero attached hydrogens (tertiary/aromatic N) is 3. The number of Topliss-reactive ketones (excluding diaryl/α,β-unsaturated/α-hetero) is 1. The maximum atomic E-state index is 16.0. The van der Waals surface area contributed by atoms with Crippen molar-refractivity contribution in [2.24, 2.45) is 23.7 Å². The van der Waals surface area contributed by atoms with Gasteiger partial charge in [-0.05, 0) is 142 Å². The van der Waals surface area contributed by atoms with Gasteiger partial charge in [0, 0.05) is 42.6 Å². The van der Waals surface area contributed by atoms with Gasteiger partial charge in [-0.1, -0.05) is 52.9 Å². The average Bonchev–Trinajstić information content (AvgIpc) is 3.53. The Balaban J connectivity index is 1.09. The Labute approximate surface area is 327 Å². The monoisotopic (exact) mass is 748 g/mol. The van der Waals surface area contributed by atoms with E-state index in [0.29, 0.717) is 53.9 Å². The van der Waals surface area contributed by atoms with Crippen LogP contribution >= 0.6 is 0 Å². The Hall–Kier alpha value is -3.91. The van der Waals surface area contributed by atoms with Gasteiger partial charge in [0.25, 0.3) is 0 Å². The van der Waals surface area contributed by atoms with Crippen LogP contribution in [0.25, 0.3) is 22.2 Å². The molecular weight excluding hydrogens is 688 g/mol. The fourth-order valence-electron chi connectivity index (χ4n) is 9.21. The van der Waals surface area contributed by atoms with Gasteiger partial charge in [0.05, 0.1) is 22.9 Å². The van der Waals surface area contributed by atoms with Crippen LogP contribution in [0.15, 0.2) is 60.7 Å². The van der Waals surface area contributed by atoms with Crippen molar-refractivity contribution in [1.82, 2.24) is 15.2 Å². The Bertz CT molecular complexity index is 1840. The summed E-state index contributed by atoms with van der Waals surface area (Å²) >= 11 is 0. The zero-order valence-electron chi connectivity index (χ0n) is 33.3. The number of aryl methyl sites for hydroxylation is 1. The van der Waals surface area contributed by atoms with E-state index < -0.39 is 6.17 Å². The van der Waals surface area contributed by atoms with E-state index in [4.69, 9.17) is 14.5 Å². The number of aromatic nitrogens is 3. The van der Waals surface area contributed by atoms with Crippen molar-refractivity contribution in [2.45, 2.75) is 135 Å². The van der Waals surface area contributed by atoms with Crippen molar-refractivity contribution < 1.29 is 18.7 Å². The molecule has 0 amide bonds. The van der Waals surface area contributed by atoms with Crippen LogP contribution in [0.2, 0.25) is 0 Å². The van der Waals surface area contributed by atoms with Crippen molar-refractivity contribution in [3.05, 3.63) is 71.9 Å². The van der Waals surface area contributed by atoms with Gasteiger partial charge in [0.2, 0.25) is 0 Å². The minimum Gasteiger partial charge on any atom is -0.457 e. The summed E-state index contributed by atoms with van der Waals surface area (Å²) in [5.41, 5.74) is 4.62. The first kappa shape index (κ1) is 39.3. The highest BCUT2D eigenvalue weighted by Gasteiger charge is 2.29. The number of anilines is 1. The van der Waals surface area contributed by atoms with E-state index in [2.05, 4.69) is 48.4 Å². The molecule has 1 aliphatic heterocycles. The first-order valence-electron chi connectivity index (χ1n) is 21.4. The number of ether oxygens (including phenoxy) is 2. The standard InChI is InChI=1S/C47H61FN4O3/c1-31(2)41-22-23-42(52-51-41)35-15-19-39(20-16-35)55-46-30-44-37(29-38(46)14-13-36-10-6-8-32(3)28-45(36)53)18-24-47(50-44)49-43-12-5-4-9-33(17-21-40(43)48)34-11-7-26-54-27-25-34/h15-16,18-20,22-24,29-34,36,40,43H,4-14,17,21,25-28H2,1-3H3,(H,49,50). The summed E-state index contributed by atoms with van der Waals surface area (Å²) in [5.74, 6) is 4.67. The van der Waals surface area contributed by atoms with E-state index in [0.717, 1.165) is 123 Å². The van der Waals surface area contributed by atoms with Crippen molar-refractivity contribution in [2.75, 3.05) is 18.5 Å². The lowest BCUT2D eigenvalue weighted by atomic mass is 9.80. The number of carbonyl (C=O) groups excluding carboxylic acids is 1. The topological polar surface area (TPSA) is 86.2 Å². The molecule has 2 aromatic carbocycles. The molecule has 6 atom stereocenters. The largest absolute Gasteiger partial charge is 0.457 e. The second-order valence-electron chi connectivity index (χ2n) is 17.1. The number of rotatable bonds is 10. The van der Waals surface area contributed by atoms with Crippen LogP contribution in [0, 0.1) is 23.7 Å². The molecule has 0 bridgehead atoms. The second-order valence-corrected chi connectivity index (χ2v) is 17.1. The highest BCUT2D eigenvalue weighted by atomic mass is 19.1. The molecule has 3 fully saturated rings. The molecule has 2 aromatic heterocycles. The zero-order chi connectivity index (χ0) is 38.1. The fraction of sp³-hybridized carbons (Fsp3) is 0.574. The maximum Gasteiger partial charge on any atom is 0.136 e. The molecule has 4 aromatic rings. The normalized spacial score (nSPS) is 25.7. The van der Waals surface area contributed by atoms with Gasteiger partial charge in [0.1, 0.15) is 29.3 Å². The Morgan fingerprint density at radius 1 is 0.836 bits per heavy atom. The van der Waals surface area contributed by atoms with E-state index in [1.165, 1.54) is 12.8 Å². The van der Waals surface area contributed by atoms with Crippen LogP contribution < -0.4 is 10.1 Å². The van der Waals surface area contributed by atoms with Crippen LogP contribution in [-0.2, 0) is 16.0 Å². The minimum atomic E-state index is -0.918. The molecule has 2 aliphatic carbocycles. The molecule has 3 aliphatic rings. The molecule has 0 radical (unpaired) electrons. The molecule has 3 heterocycles. The van der Waals surface area contributed by atoms with Crippen LogP contribution in [-0.4, -0.2) is 46.4 Å². The van der Waals surface area contributed by atoms with Crippen LogP contribution in [0.4, 0.5) is 10.2 Å². The van der Waals surface area contributed by atoms with Gasteiger partial charge in [0.15, 0.2) is 0 Å². The van der Waals surface area contributed by atoms with Crippen LogP contribution in [0.3, 0.4) is 0 Å². The summed E-state index contributed by atoms with van der Waals surface area (Å²) in [4.78, 5) is 18.2. The second kappa shape index (κ2) is 18.8. The van der Waals surface area contributed by atoms with E-state index >= 15 is 4.39 Å². The van der Waals surface area contributed by atoms with Crippen LogP contribution in [0.5, 0.6) is 11.5 Å². The lowest BCUT2D eigenvalue weighted by Crippen LogP contribution is -2.31. The van der Waals surface area contributed by atoms with E-state index in [1.54, 1.807) is 0 Å². The zero-order valence-corrected chi connectivity index (χ0v) is 33.3. The highest BCUT2D eigenvalue weighted by molar-refractivity contribution is 5.84. The SMILES string of the molecule is CC1CCCC(CCc2cc3ccc(NC4CCCCC(C5CCCOCC5)CCC4F)nc3cc2Oc2ccc(-c3ccc(C(C)C)nn3)cc2)C(=O)C1. The van der Waals surface area contributed by atoms with Crippen molar-refractivity contribution in [3.63, 3.8) is 0 Å². The molecule has 294 valence electrons. The van der Waals surface area contributed by atoms with Crippen molar-refractivity contribution >= 4 is 22.5 Å². The third-order valence-electron chi connectivity index (χ3n) is 12.6. The quantitative estimate of drug-likeness (QED) is 0.162. The van der Waals surface area contributed by atoms with Gasteiger partial charge in [-0.3, -0.25) is 4.79 Å². The molecule has 55 heavy (non-hydrogen) atoms. The average molecular weight is 749 g/mol. The molecule has 0 spiro atoms. The molecular formula is C47H61FN4O3. The van der Waals surface area contributed by atoms with E-state index in [1.807, 2.05) is 48.5 Å². The van der Waals surface area contributed by atoms with Gasteiger partial charge in [-0.2, -0.15) is 10.2 Å². The Morgan fingerprint density at radius 3 is 2.47 bits per heavy atom. The highest BCUT2D eigenvalue weighted by Crippen LogP contribution is 2.37. The lowest BCUT2D eigenvalue weighted by molar-refractivity contribution is -0.123. The van der Waals surface area contributed by atoms with Gasteiger partial charge in [-0.25, -0.2) is 9.37 Å². The molecule has 1 N–H and O–H groups in total. The number of hydrogen-bond acceptors (Lipinski definition) is 7. The molecule has 2 saturated carbocycles. The first-order chi connectivity index (χ1) is 26.8. The number of carbonyl (C=O) groups is 1. The molecule has 1 saturated heterocycles. The fourth-order valence-corrected chi connectivity index (χ4v) is 9.21. The smallest absolute Gasteiger partial charge is 0.136 e. The van der Waals surface area contributed by atoms with Gasteiger partial charge >= 0.3 is 0 Å². The summed E-state index contributed by atoms with van der Waals surface area (Å²) in [5, 5.41) is 13.4. The number of alkyl halides is 1. The minimum absolute atomic E-state index is 0.0822. The summed E-state index contributed by atoms with van der Waals surface area (Å²) in [7, 11) is 0. The van der Waals surface area contributed by atoms with Gasteiger partial charge in [-0.15, -0.1) is 0 Å². The molecule has 8 heteroatoms. The number of fused-ring (bicyclic) bond motifs is 1.